The van der Waals surface area contributed by atoms with Gasteiger partial charge in [-0.15, -0.1) is 11.3 Å². The Morgan fingerprint density at radius 2 is 1.93 bits per heavy atom. The van der Waals surface area contributed by atoms with Crippen LogP contribution in [0.15, 0.2) is 36.4 Å². The van der Waals surface area contributed by atoms with Crippen LogP contribution in [0.25, 0.3) is 0 Å². The van der Waals surface area contributed by atoms with Gasteiger partial charge < -0.3 is 15.5 Å². The minimum Gasteiger partial charge on any atom is -0.323 e. The number of nitrogens with two attached hydrogens (primary N) is 1. The van der Waals surface area contributed by atoms with E-state index < -0.39 is 13.4 Å². The average molecular weight is 425 g/mol. The molecule has 8 heteroatoms. The molecule has 4 N–H and O–H groups in total. The Kier molecular flexibility index (Phi) is 8.38. The van der Waals surface area contributed by atoms with Crippen molar-refractivity contribution in [3.63, 3.8) is 0 Å². The van der Waals surface area contributed by atoms with Crippen LogP contribution < -0.4 is 5.73 Å². The number of hydrogen-bond acceptors (Lipinski definition) is 4. The summed E-state index contributed by atoms with van der Waals surface area (Å²) in [7, 11) is -4.51. The highest BCUT2D eigenvalue weighted by Gasteiger charge is 2.24. The minimum atomic E-state index is -4.51. The van der Waals surface area contributed by atoms with Gasteiger partial charge in [0.25, 0.3) is 0 Å². The molecule has 28 heavy (non-hydrogen) atoms. The Balaban J connectivity index is 1.74. The number of phosphoric acid groups is 1. The van der Waals surface area contributed by atoms with Gasteiger partial charge in [-0.2, -0.15) is 0 Å². The molecule has 0 spiro atoms. The lowest BCUT2D eigenvalue weighted by atomic mass is 9.98. The lowest BCUT2D eigenvalue weighted by Crippen LogP contribution is -2.41. The van der Waals surface area contributed by atoms with Gasteiger partial charge in [0.2, 0.25) is 0 Å². The number of benzene rings is 1. The standard InChI is InChI=1S/C20H25FNO4PS/c1-20(22,15-26-27(23,24)25)14-13-19-12-11-18(28-19)6-4-2-3-5-16-7-9-17(21)10-8-16/h7-12H,2-3,5,13-15,22H2,1H3,(H2,23,24,25). The Morgan fingerprint density at radius 1 is 1.21 bits per heavy atom. The number of rotatable bonds is 9. The molecule has 0 aliphatic heterocycles. The Morgan fingerprint density at radius 3 is 2.61 bits per heavy atom. The summed E-state index contributed by atoms with van der Waals surface area (Å²) in [5, 5.41) is 0. The fourth-order valence-corrected chi connectivity index (χ4v) is 3.82. The molecule has 1 unspecified atom stereocenters. The zero-order chi connectivity index (χ0) is 20.6. The van der Waals surface area contributed by atoms with Gasteiger partial charge in [-0.3, -0.25) is 4.52 Å². The van der Waals surface area contributed by atoms with E-state index in [9.17, 15) is 8.96 Å². The summed E-state index contributed by atoms with van der Waals surface area (Å²) in [6, 6.07) is 10.5. The molecular formula is C20H25FNO4PS. The van der Waals surface area contributed by atoms with Crippen LogP contribution in [-0.2, 0) is 21.9 Å². The van der Waals surface area contributed by atoms with Crippen molar-refractivity contribution in [1.82, 2.24) is 0 Å². The van der Waals surface area contributed by atoms with E-state index >= 15 is 0 Å². The molecule has 1 heterocycles. The maximum absolute atomic E-state index is 12.9. The van der Waals surface area contributed by atoms with Crippen molar-refractivity contribution in [3.05, 3.63) is 57.5 Å². The monoisotopic (exact) mass is 425 g/mol. The van der Waals surface area contributed by atoms with Crippen LogP contribution in [-0.4, -0.2) is 21.9 Å². The van der Waals surface area contributed by atoms with Crippen LogP contribution in [0.1, 0.15) is 41.5 Å². The molecule has 0 saturated carbocycles. The van der Waals surface area contributed by atoms with Crippen LogP contribution in [0.5, 0.6) is 0 Å². The molecule has 2 rings (SSSR count). The number of hydrogen-bond donors (Lipinski definition) is 3. The van der Waals surface area contributed by atoms with E-state index in [0.717, 1.165) is 34.6 Å². The predicted octanol–water partition coefficient (Wildman–Crippen LogP) is 4.02. The first kappa shape index (κ1) is 22.8. The number of halogens is 1. The SMILES string of the molecule is CC(N)(CCc1ccc(C#CCCCc2ccc(F)cc2)s1)COP(=O)(O)O. The van der Waals surface area contributed by atoms with Gasteiger partial charge in [-0.1, -0.05) is 24.0 Å². The molecule has 5 nitrogen and oxygen atoms in total. The predicted molar refractivity (Wildman–Crippen MR) is 109 cm³/mol. The van der Waals surface area contributed by atoms with E-state index in [1.807, 2.05) is 12.1 Å². The number of unbranched alkanes of at least 4 members (excludes halogenated alkanes) is 1. The van der Waals surface area contributed by atoms with Gasteiger partial charge in [-0.05, 0) is 62.4 Å². The molecule has 0 aliphatic rings. The van der Waals surface area contributed by atoms with Crippen molar-refractivity contribution in [2.24, 2.45) is 5.73 Å². The molecule has 1 aromatic carbocycles. The summed E-state index contributed by atoms with van der Waals surface area (Å²) in [6.45, 7) is 1.50. The van der Waals surface area contributed by atoms with Crippen molar-refractivity contribution in [1.29, 1.82) is 0 Å². The summed E-state index contributed by atoms with van der Waals surface area (Å²) in [6.07, 6.45) is 3.79. The van der Waals surface area contributed by atoms with Crippen molar-refractivity contribution in [2.45, 2.75) is 44.6 Å². The first-order chi connectivity index (χ1) is 13.1. The van der Waals surface area contributed by atoms with Crippen molar-refractivity contribution < 1.29 is 23.3 Å². The van der Waals surface area contributed by atoms with Gasteiger partial charge in [-0.25, -0.2) is 8.96 Å². The quantitative estimate of drug-likeness (QED) is 0.321. The lowest BCUT2D eigenvalue weighted by Gasteiger charge is -2.24. The molecule has 152 valence electrons. The molecule has 0 radical (unpaired) electrons. The van der Waals surface area contributed by atoms with E-state index in [0.29, 0.717) is 12.8 Å². The van der Waals surface area contributed by atoms with Crippen LogP contribution in [0.3, 0.4) is 0 Å². The summed E-state index contributed by atoms with van der Waals surface area (Å²) < 4.78 is 28.2. The third-order valence-corrected chi connectivity index (χ3v) is 5.58. The third kappa shape index (κ3) is 9.11. The molecule has 1 atom stereocenters. The maximum atomic E-state index is 12.9. The Labute approximate surface area is 169 Å². The van der Waals surface area contributed by atoms with E-state index in [1.165, 1.54) is 12.1 Å². The van der Waals surface area contributed by atoms with E-state index in [4.69, 9.17) is 15.5 Å². The van der Waals surface area contributed by atoms with Gasteiger partial charge >= 0.3 is 7.82 Å². The lowest BCUT2D eigenvalue weighted by molar-refractivity contribution is 0.154. The maximum Gasteiger partial charge on any atom is 0.469 e. The zero-order valence-electron chi connectivity index (χ0n) is 15.7. The molecule has 0 saturated heterocycles. The third-order valence-electron chi connectivity index (χ3n) is 4.06. The van der Waals surface area contributed by atoms with E-state index in [-0.39, 0.29) is 12.4 Å². The Hall–Kier alpha value is -1.52. The average Bonchev–Trinajstić information content (AvgIpc) is 3.07. The topological polar surface area (TPSA) is 92.8 Å². The minimum absolute atomic E-state index is 0.205. The summed E-state index contributed by atoms with van der Waals surface area (Å²) in [5.41, 5.74) is 6.32. The normalized spacial score (nSPS) is 13.6. The zero-order valence-corrected chi connectivity index (χ0v) is 17.4. The van der Waals surface area contributed by atoms with Gasteiger partial charge in [0.15, 0.2) is 0 Å². The molecular weight excluding hydrogens is 400 g/mol. The highest BCUT2D eigenvalue weighted by atomic mass is 32.1. The fraction of sp³-hybridized carbons (Fsp3) is 0.400. The van der Waals surface area contributed by atoms with Gasteiger partial charge in [0.05, 0.1) is 11.5 Å². The van der Waals surface area contributed by atoms with Gasteiger partial charge in [0.1, 0.15) is 5.82 Å². The molecule has 2 aromatic rings. The smallest absolute Gasteiger partial charge is 0.323 e. The van der Waals surface area contributed by atoms with E-state index in [1.54, 1.807) is 30.4 Å². The largest absolute Gasteiger partial charge is 0.469 e. The summed E-state index contributed by atoms with van der Waals surface area (Å²) in [5.74, 6) is 6.09. The first-order valence-corrected chi connectivity index (χ1v) is 11.3. The van der Waals surface area contributed by atoms with Crippen molar-refractivity contribution in [2.75, 3.05) is 6.61 Å². The molecule has 1 aromatic heterocycles. The number of thiophene rings is 1. The highest BCUT2D eigenvalue weighted by Crippen LogP contribution is 2.37. The molecule has 0 fully saturated rings. The Bertz CT molecular complexity index is 864. The van der Waals surface area contributed by atoms with Crippen LogP contribution in [0.4, 0.5) is 4.39 Å². The molecule has 0 aliphatic carbocycles. The first-order valence-electron chi connectivity index (χ1n) is 8.94. The van der Waals surface area contributed by atoms with Crippen molar-refractivity contribution >= 4 is 19.2 Å². The van der Waals surface area contributed by atoms with Crippen LogP contribution in [0, 0.1) is 17.7 Å². The second-order valence-corrected chi connectivity index (χ2v) is 9.37. The second kappa shape index (κ2) is 10.3. The molecule has 0 bridgehead atoms. The second-order valence-electron chi connectivity index (χ2n) is 6.97. The number of aryl methyl sites for hydroxylation is 2. The van der Waals surface area contributed by atoms with Crippen molar-refractivity contribution in [3.8, 4) is 11.8 Å². The van der Waals surface area contributed by atoms with E-state index in [2.05, 4.69) is 16.4 Å². The van der Waals surface area contributed by atoms with Crippen LogP contribution in [0.2, 0.25) is 0 Å². The van der Waals surface area contributed by atoms with Crippen LogP contribution >= 0.6 is 19.2 Å². The summed E-state index contributed by atoms with van der Waals surface area (Å²) in [4.78, 5) is 19.6. The summed E-state index contributed by atoms with van der Waals surface area (Å²) >= 11 is 1.59. The molecule has 0 amide bonds. The van der Waals surface area contributed by atoms with Gasteiger partial charge in [0, 0.05) is 16.8 Å². The fourth-order valence-electron chi connectivity index (χ4n) is 2.47. The highest BCUT2D eigenvalue weighted by molar-refractivity contribution is 7.46. The number of phosphoric ester groups is 1.